The highest BCUT2D eigenvalue weighted by molar-refractivity contribution is 5.70. The Balaban J connectivity index is 3.71. The van der Waals surface area contributed by atoms with Crippen LogP contribution in [-0.4, -0.2) is 47.6 Å². The van der Waals surface area contributed by atoms with Gasteiger partial charge in [-0.25, -0.2) is 0 Å². The van der Waals surface area contributed by atoms with Crippen molar-refractivity contribution < 1.29 is 29.3 Å². The van der Waals surface area contributed by atoms with Crippen molar-refractivity contribution in [1.82, 2.24) is 0 Å². The van der Waals surface area contributed by atoms with Crippen molar-refractivity contribution in [2.45, 2.75) is 193 Å². The SMILES string of the molecule is CCCCC/C=C\C=C/[C@H](O)C/C=C\C/C=C/CCCC(=O)O[C@@H](CO)COC(=O)CCCCCCCCCCCCCCCCCC. The summed E-state index contributed by atoms with van der Waals surface area (Å²) in [5, 5.41) is 19.5. The van der Waals surface area contributed by atoms with Crippen LogP contribution in [-0.2, 0) is 19.1 Å². The van der Waals surface area contributed by atoms with Gasteiger partial charge in [0.25, 0.3) is 0 Å². The maximum absolute atomic E-state index is 12.1. The summed E-state index contributed by atoms with van der Waals surface area (Å²) in [6.07, 6.45) is 43.4. The van der Waals surface area contributed by atoms with Gasteiger partial charge in [-0.3, -0.25) is 9.59 Å². The highest BCUT2D eigenvalue weighted by atomic mass is 16.6. The minimum atomic E-state index is -0.820. The molecule has 0 radical (unpaired) electrons. The van der Waals surface area contributed by atoms with E-state index in [4.69, 9.17) is 9.47 Å². The lowest BCUT2D eigenvalue weighted by atomic mass is 10.0. The third kappa shape index (κ3) is 35.1. The lowest BCUT2D eigenvalue weighted by Crippen LogP contribution is -2.28. The third-order valence-electron chi connectivity index (χ3n) is 8.46. The molecule has 6 nitrogen and oxygen atoms in total. The van der Waals surface area contributed by atoms with Crippen LogP contribution >= 0.6 is 0 Å². The van der Waals surface area contributed by atoms with E-state index in [1.54, 1.807) is 0 Å². The van der Waals surface area contributed by atoms with Crippen LogP contribution in [0.15, 0.2) is 48.6 Å². The van der Waals surface area contributed by atoms with E-state index in [0.717, 1.165) is 38.5 Å². The molecular formula is C42H74O6. The van der Waals surface area contributed by atoms with Gasteiger partial charge < -0.3 is 19.7 Å². The van der Waals surface area contributed by atoms with Crippen LogP contribution in [0.25, 0.3) is 0 Å². The van der Waals surface area contributed by atoms with E-state index in [2.05, 4.69) is 19.9 Å². The van der Waals surface area contributed by atoms with Crippen molar-refractivity contribution in [2.75, 3.05) is 13.2 Å². The Morgan fingerprint density at radius 3 is 1.71 bits per heavy atom. The molecule has 0 saturated heterocycles. The second-order valence-corrected chi connectivity index (χ2v) is 13.2. The van der Waals surface area contributed by atoms with E-state index in [-0.39, 0.29) is 25.6 Å². The van der Waals surface area contributed by atoms with Crippen molar-refractivity contribution >= 4 is 11.9 Å². The summed E-state index contributed by atoms with van der Waals surface area (Å²) in [7, 11) is 0. The average molecular weight is 675 g/mol. The normalized spacial score (nSPS) is 13.3. The smallest absolute Gasteiger partial charge is 0.306 e. The predicted molar refractivity (Wildman–Crippen MR) is 202 cm³/mol. The number of aliphatic hydroxyl groups excluding tert-OH is 2. The summed E-state index contributed by atoms with van der Waals surface area (Å²) >= 11 is 0. The van der Waals surface area contributed by atoms with E-state index < -0.39 is 18.2 Å². The number of unbranched alkanes of at least 4 members (excludes halogenated alkanes) is 19. The van der Waals surface area contributed by atoms with Gasteiger partial charge in [0.05, 0.1) is 12.7 Å². The van der Waals surface area contributed by atoms with Gasteiger partial charge in [0, 0.05) is 12.8 Å². The molecule has 0 spiro atoms. The van der Waals surface area contributed by atoms with Gasteiger partial charge in [-0.05, 0) is 44.9 Å². The second kappa shape index (κ2) is 37.6. The van der Waals surface area contributed by atoms with E-state index in [9.17, 15) is 19.8 Å². The van der Waals surface area contributed by atoms with E-state index >= 15 is 0 Å². The van der Waals surface area contributed by atoms with Gasteiger partial charge >= 0.3 is 11.9 Å². The molecule has 48 heavy (non-hydrogen) atoms. The lowest BCUT2D eigenvalue weighted by molar-refractivity contribution is -0.161. The standard InChI is InChI=1S/C42H74O6/c1-3-5-7-9-11-12-13-14-15-16-17-18-19-23-27-31-35-41(45)47-38-40(37-43)48-42(46)36-32-28-24-20-22-26-30-34-39(44)33-29-25-21-10-8-6-4-2/h20-21,24-26,29-30,33,39-40,43-44H,3-19,22-23,27-28,31-32,34-38H2,1-2H3/b24-20+,25-21-,30-26-,33-29-/t39-,40-/m0/s1. The number of hydrogen-bond donors (Lipinski definition) is 2. The van der Waals surface area contributed by atoms with Crippen LogP contribution in [0.3, 0.4) is 0 Å². The molecule has 0 unspecified atom stereocenters. The fraction of sp³-hybridized carbons (Fsp3) is 0.762. The molecule has 0 rings (SSSR count). The Labute approximate surface area is 295 Å². The lowest BCUT2D eigenvalue weighted by Gasteiger charge is -2.15. The minimum Gasteiger partial charge on any atom is -0.462 e. The maximum Gasteiger partial charge on any atom is 0.306 e. The average Bonchev–Trinajstić information content (AvgIpc) is 3.08. The zero-order valence-electron chi connectivity index (χ0n) is 31.1. The van der Waals surface area contributed by atoms with Crippen molar-refractivity contribution in [3.63, 3.8) is 0 Å². The largest absolute Gasteiger partial charge is 0.462 e. The monoisotopic (exact) mass is 675 g/mol. The summed E-state index contributed by atoms with van der Waals surface area (Å²) in [5.41, 5.74) is 0. The Bertz CT molecular complexity index is 830. The molecule has 0 aliphatic heterocycles. The molecule has 6 heteroatoms. The van der Waals surface area contributed by atoms with Crippen molar-refractivity contribution in [3.8, 4) is 0 Å². The van der Waals surface area contributed by atoms with Gasteiger partial charge in [0.2, 0.25) is 0 Å². The molecule has 2 atom stereocenters. The van der Waals surface area contributed by atoms with E-state index in [0.29, 0.717) is 19.3 Å². The highest BCUT2D eigenvalue weighted by Gasteiger charge is 2.16. The van der Waals surface area contributed by atoms with Gasteiger partial charge in [-0.1, -0.05) is 172 Å². The first-order chi connectivity index (χ1) is 23.5. The number of ether oxygens (including phenoxy) is 2. The molecule has 0 fully saturated rings. The Morgan fingerprint density at radius 1 is 0.583 bits per heavy atom. The number of hydrogen-bond acceptors (Lipinski definition) is 6. The molecule has 0 saturated carbocycles. The molecule has 0 aromatic carbocycles. The fourth-order valence-corrected chi connectivity index (χ4v) is 5.39. The summed E-state index contributed by atoms with van der Waals surface area (Å²) in [4.78, 5) is 24.2. The second-order valence-electron chi connectivity index (χ2n) is 13.2. The minimum absolute atomic E-state index is 0.105. The molecule has 2 N–H and O–H groups in total. The maximum atomic E-state index is 12.1. The summed E-state index contributed by atoms with van der Waals surface area (Å²) in [6, 6.07) is 0. The van der Waals surface area contributed by atoms with Crippen molar-refractivity contribution in [2.24, 2.45) is 0 Å². The quantitative estimate of drug-likeness (QED) is 0.0301. The number of allylic oxidation sites excluding steroid dienone is 6. The van der Waals surface area contributed by atoms with E-state index in [1.165, 1.54) is 103 Å². The van der Waals surface area contributed by atoms with Crippen LogP contribution < -0.4 is 0 Å². The first-order valence-corrected chi connectivity index (χ1v) is 19.8. The molecule has 278 valence electrons. The van der Waals surface area contributed by atoms with Gasteiger partial charge in [0.15, 0.2) is 6.10 Å². The summed E-state index contributed by atoms with van der Waals surface area (Å²) < 4.78 is 10.5. The molecule has 0 bridgehead atoms. The molecule has 0 amide bonds. The van der Waals surface area contributed by atoms with Gasteiger partial charge in [-0.2, -0.15) is 0 Å². The zero-order chi connectivity index (χ0) is 35.2. The predicted octanol–water partition coefficient (Wildman–Crippen LogP) is 11.2. The molecule has 0 aromatic rings. The van der Waals surface area contributed by atoms with Gasteiger partial charge in [0.1, 0.15) is 6.61 Å². The van der Waals surface area contributed by atoms with E-state index in [1.807, 2.05) is 42.5 Å². The summed E-state index contributed by atoms with van der Waals surface area (Å²) in [6.45, 7) is 3.99. The first kappa shape index (κ1) is 45.8. The molecule has 0 aliphatic carbocycles. The number of aliphatic hydroxyl groups is 2. The molecule has 0 heterocycles. The first-order valence-electron chi connectivity index (χ1n) is 19.8. The Morgan fingerprint density at radius 2 is 1.10 bits per heavy atom. The van der Waals surface area contributed by atoms with Crippen molar-refractivity contribution in [1.29, 1.82) is 0 Å². The fourth-order valence-electron chi connectivity index (χ4n) is 5.39. The molecule has 0 aliphatic rings. The Hall–Kier alpha value is -2.18. The van der Waals surface area contributed by atoms with Gasteiger partial charge in [-0.15, -0.1) is 0 Å². The van der Waals surface area contributed by atoms with Crippen LogP contribution in [0.1, 0.15) is 181 Å². The molecular weight excluding hydrogens is 600 g/mol. The summed E-state index contributed by atoms with van der Waals surface area (Å²) in [5.74, 6) is -0.695. The number of carbonyl (C=O) groups is 2. The highest BCUT2D eigenvalue weighted by Crippen LogP contribution is 2.14. The molecule has 0 aromatic heterocycles. The van der Waals surface area contributed by atoms with Crippen LogP contribution in [0.2, 0.25) is 0 Å². The Kier molecular flexibility index (Phi) is 35.9. The van der Waals surface area contributed by atoms with Crippen LogP contribution in [0, 0.1) is 0 Å². The topological polar surface area (TPSA) is 93.1 Å². The van der Waals surface area contributed by atoms with Crippen molar-refractivity contribution in [3.05, 3.63) is 48.6 Å². The van der Waals surface area contributed by atoms with Crippen LogP contribution in [0.4, 0.5) is 0 Å². The number of esters is 2. The third-order valence-corrected chi connectivity index (χ3v) is 8.46. The number of rotatable bonds is 35. The number of carbonyl (C=O) groups excluding carboxylic acids is 2. The van der Waals surface area contributed by atoms with Crippen LogP contribution in [0.5, 0.6) is 0 Å². The zero-order valence-corrected chi connectivity index (χ0v) is 31.1.